The van der Waals surface area contributed by atoms with E-state index in [0.717, 1.165) is 0 Å². The van der Waals surface area contributed by atoms with Crippen LogP contribution in [0.2, 0.25) is 0 Å². The molecule has 0 rings (SSSR count). The molecule has 3 heteroatoms. The normalized spacial score (nSPS) is 12.3. The summed E-state index contributed by atoms with van der Waals surface area (Å²) in [6, 6.07) is 0. The molecule has 0 aromatic rings. The number of alkyl halides is 1. The molecule has 0 saturated carbocycles. The van der Waals surface area contributed by atoms with E-state index in [4.69, 9.17) is 0 Å². The van der Waals surface area contributed by atoms with E-state index in [9.17, 15) is 0 Å². The third kappa shape index (κ3) is 7.40. The van der Waals surface area contributed by atoms with Crippen LogP contribution < -0.4 is 0 Å². The van der Waals surface area contributed by atoms with Gasteiger partial charge in [0.15, 0.2) is 0 Å². The smallest absolute Gasteiger partial charge is 0.00958 e. The maximum Gasteiger partial charge on any atom is 0.00958 e. The minimum Gasteiger partial charge on any atom is -0.303 e. The lowest BCUT2D eigenvalue weighted by Crippen LogP contribution is -2.28. The highest BCUT2D eigenvalue weighted by atomic mass is 79.9. The molecule has 0 aliphatic rings. The molecule has 0 bridgehead atoms. The second-order valence-corrected chi connectivity index (χ2v) is 6.88. The summed E-state index contributed by atoms with van der Waals surface area (Å²) < 4.78 is 0. The number of thioether (sulfide) groups is 1. The topological polar surface area (TPSA) is 3.24 Å². The van der Waals surface area contributed by atoms with E-state index in [-0.39, 0.29) is 0 Å². The zero-order chi connectivity index (χ0) is 13.9. The number of halogens is 1. The quantitative estimate of drug-likeness (QED) is 0.362. The SMILES string of the molecule is CCCC(CBr)(CCC)CSCCN(CC)CC. The monoisotopic (exact) mass is 337 g/mol. The summed E-state index contributed by atoms with van der Waals surface area (Å²) in [5.41, 5.74) is 0.539. The Kier molecular flexibility index (Phi) is 12.1. The summed E-state index contributed by atoms with van der Waals surface area (Å²) in [6.07, 6.45) is 5.35. The van der Waals surface area contributed by atoms with E-state index in [1.807, 2.05) is 0 Å². The van der Waals surface area contributed by atoms with Crippen molar-refractivity contribution in [1.29, 1.82) is 0 Å². The van der Waals surface area contributed by atoms with Gasteiger partial charge in [0.05, 0.1) is 0 Å². The molecule has 0 fully saturated rings. The molecule has 0 aromatic carbocycles. The Labute approximate surface area is 128 Å². The average molecular weight is 338 g/mol. The first-order valence-corrected chi connectivity index (χ1v) is 9.81. The highest BCUT2D eigenvalue weighted by Gasteiger charge is 2.26. The van der Waals surface area contributed by atoms with Crippen molar-refractivity contribution in [1.82, 2.24) is 4.90 Å². The Morgan fingerprint density at radius 2 is 1.56 bits per heavy atom. The Hall–Kier alpha value is 0.790. The van der Waals surface area contributed by atoms with Gasteiger partial charge in [0.1, 0.15) is 0 Å². The number of nitrogens with zero attached hydrogens (tertiary/aromatic N) is 1. The van der Waals surface area contributed by atoms with Crippen LogP contribution in [0.4, 0.5) is 0 Å². The zero-order valence-electron chi connectivity index (χ0n) is 12.8. The van der Waals surface area contributed by atoms with Gasteiger partial charge in [-0.3, -0.25) is 0 Å². The van der Waals surface area contributed by atoms with E-state index in [1.54, 1.807) is 0 Å². The first-order chi connectivity index (χ1) is 8.67. The van der Waals surface area contributed by atoms with Crippen LogP contribution in [0.1, 0.15) is 53.4 Å². The predicted octanol–water partition coefficient (Wildman–Crippen LogP) is 5.04. The fourth-order valence-corrected chi connectivity index (χ4v) is 4.90. The van der Waals surface area contributed by atoms with Gasteiger partial charge < -0.3 is 4.90 Å². The van der Waals surface area contributed by atoms with Crippen molar-refractivity contribution >= 4 is 27.7 Å². The van der Waals surface area contributed by atoms with Gasteiger partial charge >= 0.3 is 0 Å². The van der Waals surface area contributed by atoms with Crippen LogP contribution in [-0.2, 0) is 0 Å². The average Bonchev–Trinajstić information content (AvgIpc) is 2.39. The van der Waals surface area contributed by atoms with Crippen molar-refractivity contribution in [2.45, 2.75) is 53.4 Å². The molecule has 1 nitrogen and oxygen atoms in total. The van der Waals surface area contributed by atoms with E-state index in [0.29, 0.717) is 5.41 Å². The third-order valence-corrected chi connectivity index (χ3v) is 6.18. The summed E-state index contributed by atoms with van der Waals surface area (Å²) in [5, 5.41) is 1.17. The molecule has 110 valence electrons. The van der Waals surface area contributed by atoms with E-state index < -0.39 is 0 Å². The lowest BCUT2D eigenvalue weighted by molar-refractivity contribution is 0.316. The van der Waals surface area contributed by atoms with Gasteiger partial charge in [-0.1, -0.05) is 56.5 Å². The molecule has 0 unspecified atom stereocenters. The molecule has 0 aromatic heterocycles. The third-order valence-electron chi connectivity index (χ3n) is 3.70. The summed E-state index contributed by atoms with van der Waals surface area (Å²) in [4.78, 5) is 2.52. The summed E-state index contributed by atoms with van der Waals surface area (Å²) in [7, 11) is 0. The lowest BCUT2D eigenvalue weighted by Gasteiger charge is -2.31. The standard InChI is InChI=1S/C15H32BrNS/c1-5-9-15(13-16,10-6-2)14-18-12-11-17(7-3)8-4/h5-14H2,1-4H3. The minimum absolute atomic E-state index is 0.539. The molecule has 0 atom stereocenters. The van der Waals surface area contributed by atoms with Crippen LogP contribution in [0.3, 0.4) is 0 Å². The van der Waals surface area contributed by atoms with Crippen molar-refractivity contribution in [3.63, 3.8) is 0 Å². The minimum atomic E-state index is 0.539. The first kappa shape index (κ1) is 18.8. The summed E-state index contributed by atoms with van der Waals surface area (Å²) in [5.74, 6) is 2.60. The number of hydrogen-bond donors (Lipinski definition) is 0. The number of hydrogen-bond acceptors (Lipinski definition) is 2. The fourth-order valence-electron chi connectivity index (χ4n) is 2.52. The van der Waals surface area contributed by atoms with Crippen molar-refractivity contribution in [3.05, 3.63) is 0 Å². The van der Waals surface area contributed by atoms with Crippen molar-refractivity contribution in [2.24, 2.45) is 5.41 Å². The molecular weight excluding hydrogens is 306 g/mol. The zero-order valence-corrected chi connectivity index (χ0v) is 15.2. The molecule has 0 aliphatic carbocycles. The molecule has 18 heavy (non-hydrogen) atoms. The van der Waals surface area contributed by atoms with Crippen LogP contribution in [-0.4, -0.2) is 41.4 Å². The Balaban J connectivity index is 4.02. The highest BCUT2D eigenvalue weighted by Crippen LogP contribution is 2.35. The van der Waals surface area contributed by atoms with Crippen molar-refractivity contribution in [2.75, 3.05) is 36.5 Å². The van der Waals surface area contributed by atoms with Crippen LogP contribution in [0.5, 0.6) is 0 Å². The molecule has 0 radical (unpaired) electrons. The maximum absolute atomic E-state index is 3.76. The maximum atomic E-state index is 3.76. The van der Waals surface area contributed by atoms with Crippen LogP contribution >= 0.6 is 27.7 Å². The number of rotatable bonds is 12. The van der Waals surface area contributed by atoms with E-state index in [2.05, 4.69) is 60.3 Å². The Bertz CT molecular complexity index is 177. The Morgan fingerprint density at radius 1 is 1.00 bits per heavy atom. The van der Waals surface area contributed by atoms with Gasteiger partial charge in [-0.15, -0.1) is 0 Å². The van der Waals surface area contributed by atoms with E-state index in [1.165, 1.54) is 62.2 Å². The molecule has 0 heterocycles. The molecular formula is C15H32BrNS. The molecule has 0 N–H and O–H groups in total. The van der Waals surface area contributed by atoms with Crippen LogP contribution in [0, 0.1) is 5.41 Å². The van der Waals surface area contributed by atoms with Crippen LogP contribution in [0.25, 0.3) is 0 Å². The fraction of sp³-hybridized carbons (Fsp3) is 1.00. The van der Waals surface area contributed by atoms with Gasteiger partial charge in [-0.25, -0.2) is 0 Å². The molecule has 0 spiro atoms. The summed E-state index contributed by atoms with van der Waals surface area (Å²) in [6.45, 7) is 12.8. The van der Waals surface area contributed by atoms with Crippen molar-refractivity contribution in [3.8, 4) is 0 Å². The van der Waals surface area contributed by atoms with Gasteiger partial charge in [0.2, 0.25) is 0 Å². The largest absolute Gasteiger partial charge is 0.303 e. The van der Waals surface area contributed by atoms with Gasteiger partial charge in [-0.2, -0.15) is 11.8 Å². The molecule has 0 aliphatic heterocycles. The van der Waals surface area contributed by atoms with Gasteiger partial charge in [0, 0.05) is 17.6 Å². The van der Waals surface area contributed by atoms with Gasteiger partial charge in [0.25, 0.3) is 0 Å². The lowest BCUT2D eigenvalue weighted by atomic mass is 9.83. The molecule has 0 saturated heterocycles. The van der Waals surface area contributed by atoms with Gasteiger partial charge in [-0.05, 0) is 37.1 Å². The summed E-state index contributed by atoms with van der Waals surface area (Å²) >= 11 is 5.91. The molecule has 0 amide bonds. The van der Waals surface area contributed by atoms with Crippen LogP contribution in [0.15, 0.2) is 0 Å². The first-order valence-electron chi connectivity index (χ1n) is 7.54. The Morgan fingerprint density at radius 3 is 1.94 bits per heavy atom. The van der Waals surface area contributed by atoms with Crippen molar-refractivity contribution < 1.29 is 0 Å². The predicted molar refractivity (Wildman–Crippen MR) is 91.2 cm³/mol. The highest BCUT2D eigenvalue weighted by molar-refractivity contribution is 9.09. The second kappa shape index (κ2) is 11.6. The van der Waals surface area contributed by atoms with E-state index >= 15 is 0 Å². The second-order valence-electron chi connectivity index (χ2n) is 5.21.